The van der Waals surface area contributed by atoms with Gasteiger partial charge in [-0.1, -0.05) is 18.6 Å². The summed E-state index contributed by atoms with van der Waals surface area (Å²) in [6.45, 7) is 0. The maximum atomic E-state index is 13.2. The number of amides is 1. The van der Waals surface area contributed by atoms with Crippen LogP contribution in [0.3, 0.4) is 0 Å². The van der Waals surface area contributed by atoms with E-state index in [4.69, 9.17) is 4.74 Å². The lowest BCUT2D eigenvalue weighted by atomic mass is 9.77. The highest BCUT2D eigenvalue weighted by Gasteiger charge is 2.37. The van der Waals surface area contributed by atoms with Gasteiger partial charge in [-0.3, -0.25) is 4.79 Å². The van der Waals surface area contributed by atoms with E-state index in [2.05, 4.69) is 15.8 Å². The second-order valence-corrected chi connectivity index (χ2v) is 10.1. The third-order valence-corrected chi connectivity index (χ3v) is 8.07. The number of aryl methyl sites for hydroxylation is 1. The number of carbonyl (C=O) groups excluding carboxylic acids is 1. The summed E-state index contributed by atoms with van der Waals surface area (Å²) in [6.07, 6.45) is 6.46. The van der Waals surface area contributed by atoms with Crippen LogP contribution in [0.2, 0.25) is 0 Å². The fraction of sp³-hybridized carbons (Fsp3) is 0.391. The summed E-state index contributed by atoms with van der Waals surface area (Å²) in [4.78, 5) is 17.5. The number of sulfonamides is 1. The third kappa shape index (κ3) is 3.20. The topological polar surface area (TPSA) is 90.3 Å². The number of methoxy groups -OCH3 is 1. The van der Waals surface area contributed by atoms with Crippen molar-refractivity contribution in [2.45, 2.75) is 48.8 Å². The molecule has 0 saturated heterocycles. The van der Waals surface area contributed by atoms with Gasteiger partial charge in [-0.15, -0.1) is 0 Å². The molecule has 31 heavy (non-hydrogen) atoms. The summed E-state index contributed by atoms with van der Waals surface area (Å²) in [5.41, 5.74) is 4.34. The molecule has 3 aromatic rings. The van der Waals surface area contributed by atoms with E-state index in [1.807, 2.05) is 6.07 Å². The van der Waals surface area contributed by atoms with Crippen molar-refractivity contribution < 1.29 is 17.9 Å². The Labute approximate surface area is 181 Å². The van der Waals surface area contributed by atoms with Crippen LogP contribution in [-0.4, -0.2) is 31.0 Å². The number of ether oxygens (including phenoxy) is 1. The quantitative estimate of drug-likeness (QED) is 0.658. The van der Waals surface area contributed by atoms with Crippen molar-refractivity contribution in [3.63, 3.8) is 0 Å². The Kier molecular flexibility index (Phi) is 4.77. The lowest BCUT2D eigenvalue weighted by Gasteiger charge is -2.28. The molecular weight excluding hydrogens is 414 g/mol. The first kappa shape index (κ1) is 20.1. The van der Waals surface area contributed by atoms with Crippen LogP contribution in [-0.2, 0) is 28.3 Å². The molecule has 1 heterocycles. The van der Waals surface area contributed by atoms with Gasteiger partial charge in [0.15, 0.2) is 0 Å². The number of nitrogens with zero attached hydrogens (tertiary/aromatic N) is 2. The van der Waals surface area contributed by atoms with Crippen LogP contribution < -0.4 is 9.46 Å². The van der Waals surface area contributed by atoms with Gasteiger partial charge in [0.2, 0.25) is 5.91 Å². The fourth-order valence-corrected chi connectivity index (χ4v) is 6.23. The zero-order chi connectivity index (χ0) is 21.8. The molecule has 2 aliphatic rings. The minimum absolute atomic E-state index is 0.0479. The Bertz CT molecular complexity index is 1290. The monoisotopic (exact) mass is 439 g/mol. The van der Waals surface area contributed by atoms with Crippen LogP contribution in [0.4, 0.5) is 0 Å². The van der Waals surface area contributed by atoms with Gasteiger partial charge in [0.05, 0.1) is 30.4 Å². The molecular formula is C23H25N3O4S. The van der Waals surface area contributed by atoms with Crippen LogP contribution in [0.5, 0.6) is 5.75 Å². The van der Waals surface area contributed by atoms with Gasteiger partial charge in [0.1, 0.15) is 10.6 Å². The number of hydrogen-bond acceptors (Lipinski definition) is 5. The average molecular weight is 440 g/mol. The SMILES string of the molecule is COc1ccc(C2CCC2)c2c1[C@H](C(=O)NS(=O)(=O)c1cccc3ncn(C)c13)CC2. The largest absolute Gasteiger partial charge is 0.496 e. The van der Waals surface area contributed by atoms with Gasteiger partial charge < -0.3 is 9.30 Å². The lowest BCUT2D eigenvalue weighted by Crippen LogP contribution is -2.34. The van der Waals surface area contributed by atoms with Crippen molar-refractivity contribution in [3.8, 4) is 5.75 Å². The summed E-state index contributed by atoms with van der Waals surface area (Å²) in [5.74, 6) is 0.127. The van der Waals surface area contributed by atoms with E-state index < -0.39 is 21.8 Å². The van der Waals surface area contributed by atoms with Crippen molar-refractivity contribution >= 4 is 27.0 Å². The summed E-state index contributed by atoms with van der Waals surface area (Å²) < 4.78 is 35.8. The van der Waals surface area contributed by atoms with Crippen molar-refractivity contribution in [2.75, 3.05) is 7.11 Å². The number of benzene rings is 2. The van der Waals surface area contributed by atoms with E-state index in [0.29, 0.717) is 29.1 Å². The minimum atomic E-state index is -4.06. The van der Waals surface area contributed by atoms with Crippen molar-refractivity contribution in [3.05, 3.63) is 53.3 Å². The highest BCUT2D eigenvalue weighted by molar-refractivity contribution is 7.90. The molecule has 1 amide bonds. The van der Waals surface area contributed by atoms with Gasteiger partial charge in [-0.2, -0.15) is 0 Å². The summed E-state index contributed by atoms with van der Waals surface area (Å²) in [6, 6.07) is 8.91. The van der Waals surface area contributed by atoms with Crippen LogP contribution >= 0.6 is 0 Å². The summed E-state index contributed by atoms with van der Waals surface area (Å²) in [5, 5.41) is 0. The molecule has 2 aliphatic carbocycles. The molecule has 7 nitrogen and oxygen atoms in total. The average Bonchev–Trinajstić information content (AvgIpc) is 3.31. The first-order valence-electron chi connectivity index (χ1n) is 10.6. The first-order valence-corrected chi connectivity index (χ1v) is 12.1. The van der Waals surface area contributed by atoms with Crippen LogP contribution in [0, 0.1) is 0 Å². The summed E-state index contributed by atoms with van der Waals surface area (Å²) in [7, 11) is -0.738. The first-order chi connectivity index (χ1) is 14.9. The van der Waals surface area contributed by atoms with E-state index in [1.54, 1.807) is 37.2 Å². The van der Waals surface area contributed by atoms with Gasteiger partial charge in [0, 0.05) is 12.6 Å². The Morgan fingerprint density at radius 2 is 2.00 bits per heavy atom. The van der Waals surface area contributed by atoms with Crippen molar-refractivity contribution in [1.82, 2.24) is 14.3 Å². The molecule has 1 atom stereocenters. The van der Waals surface area contributed by atoms with Crippen molar-refractivity contribution in [2.24, 2.45) is 7.05 Å². The number of aromatic nitrogens is 2. The molecule has 1 saturated carbocycles. The number of rotatable bonds is 5. The Morgan fingerprint density at radius 1 is 1.19 bits per heavy atom. The Hall–Kier alpha value is -2.87. The number of imidazole rings is 1. The lowest BCUT2D eigenvalue weighted by molar-refractivity contribution is -0.120. The highest BCUT2D eigenvalue weighted by atomic mass is 32.2. The van der Waals surface area contributed by atoms with E-state index in [1.165, 1.54) is 30.9 Å². The molecule has 5 rings (SSSR count). The summed E-state index contributed by atoms with van der Waals surface area (Å²) >= 11 is 0. The van der Waals surface area contributed by atoms with Crippen molar-refractivity contribution in [1.29, 1.82) is 0 Å². The van der Waals surface area contributed by atoms with E-state index in [0.717, 1.165) is 17.5 Å². The normalized spacial score (nSPS) is 18.6. The van der Waals surface area contributed by atoms with Crippen LogP contribution in [0.1, 0.15) is 54.2 Å². The molecule has 0 radical (unpaired) electrons. The molecule has 0 spiro atoms. The van der Waals surface area contributed by atoms with Gasteiger partial charge >= 0.3 is 0 Å². The number of fused-ring (bicyclic) bond motifs is 2. The second-order valence-electron chi connectivity index (χ2n) is 8.42. The molecule has 1 aromatic heterocycles. The molecule has 0 aliphatic heterocycles. The minimum Gasteiger partial charge on any atom is -0.496 e. The third-order valence-electron chi connectivity index (χ3n) is 6.69. The van der Waals surface area contributed by atoms with Gasteiger partial charge in [0.25, 0.3) is 10.0 Å². The smallest absolute Gasteiger partial charge is 0.266 e. The number of carbonyl (C=O) groups is 1. The molecule has 8 heteroatoms. The van der Waals surface area contributed by atoms with E-state index in [9.17, 15) is 13.2 Å². The predicted octanol–water partition coefficient (Wildman–Crippen LogP) is 3.38. The number of nitrogens with one attached hydrogen (secondary N) is 1. The second kappa shape index (κ2) is 7.37. The predicted molar refractivity (Wildman–Crippen MR) is 117 cm³/mol. The molecule has 162 valence electrons. The van der Waals surface area contributed by atoms with Crippen LogP contribution in [0.25, 0.3) is 11.0 Å². The zero-order valence-electron chi connectivity index (χ0n) is 17.6. The number of para-hydroxylation sites is 1. The molecule has 1 N–H and O–H groups in total. The van der Waals surface area contributed by atoms with Gasteiger partial charge in [-0.05, 0) is 60.9 Å². The Balaban J connectivity index is 1.49. The maximum absolute atomic E-state index is 13.2. The molecule has 0 unspecified atom stereocenters. The Morgan fingerprint density at radius 3 is 2.71 bits per heavy atom. The number of hydrogen-bond donors (Lipinski definition) is 1. The van der Waals surface area contributed by atoms with E-state index in [-0.39, 0.29) is 4.90 Å². The van der Waals surface area contributed by atoms with Gasteiger partial charge in [-0.25, -0.2) is 18.1 Å². The van der Waals surface area contributed by atoms with Crippen LogP contribution in [0.15, 0.2) is 41.6 Å². The highest BCUT2D eigenvalue weighted by Crippen LogP contribution is 2.47. The maximum Gasteiger partial charge on any atom is 0.266 e. The standard InChI is InChI=1S/C23H25N3O4S/c1-26-13-24-18-7-4-8-20(22(18)26)31(28,29)25-23(27)17-10-9-16-15(14-5-3-6-14)11-12-19(30-2)21(16)17/h4,7-8,11-14,17H,3,5-6,9-10H2,1-2H3,(H,25,27)/t17-/m1/s1. The van der Waals surface area contributed by atoms with E-state index >= 15 is 0 Å². The molecule has 0 bridgehead atoms. The molecule has 1 fully saturated rings. The zero-order valence-corrected chi connectivity index (χ0v) is 18.4. The molecule has 2 aromatic carbocycles. The fourth-order valence-electron chi connectivity index (χ4n) is 4.95.